The van der Waals surface area contributed by atoms with Crippen molar-refractivity contribution in [1.29, 1.82) is 0 Å². The van der Waals surface area contributed by atoms with Crippen LogP contribution in [0.2, 0.25) is 0 Å². The minimum Gasteiger partial charge on any atom is -0.509 e. The van der Waals surface area contributed by atoms with E-state index < -0.39 is 13.7 Å². The monoisotopic (exact) mass is 958 g/mol. The first kappa shape index (κ1) is 33.2. The zero-order valence-electron chi connectivity index (χ0n) is 40.2. The number of hydrogen-bond donors (Lipinski definition) is 0. The molecule has 0 radical (unpaired) electrons. The third-order valence-electron chi connectivity index (χ3n) is 11.0. The molecular formula is C53H49N4OPt-3. The van der Waals surface area contributed by atoms with E-state index in [0.29, 0.717) is 28.1 Å². The summed E-state index contributed by atoms with van der Waals surface area (Å²) in [4.78, 5) is 9.06. The van der Waals surface area contributed by atoms with Crippen LogP contribution in [0.1, 0.15) is 77.6 Å². The van der Waals surface area contributed by atoms with Crippen LogP contribution in [0, 0.1) is 39.4 Å². The minimum absolute atomic E-state index is 0. The molecule has 8 aromatic rings. The van der Waals surface area contributed by atoms with Gasteiger partial charge in [0, 0.05) is 75.1 Å². The molecule has 1 aliphatic heterocycles. The van der Waals surface area contributed by atoms with E-state index >= 15 is 0 Å². The number of aryl methyl sites for hydroxylation is 2. The van der Waals surface area contributed by atoms with Gasteiger partial charge < -0.3 is 19.1 Å². The number of fused-ring (bicyclic) bond motifs is 4. The quantitative estimate of drug-likeness (QED) is 0.156. The fraction of sp³-hybridized carbons (Fsp3) is 0.208. The second-order valence-electron chi connectivity index (χ2n) is 17.1. The fourth-order valence-electron chi connectivity index (χ4n) is 7.81. The Morgan fingerprint density at radius 1 is 0.661 bits per heavy atom. The number of para-hydroxylation sites is 3. The minimum atomic E-state index is -2.75. The molecule has 6 heteroatoms. The van der Waals surface area contributed by atoms with Crippen molar-refractivity contribution in [1.82, 2.24) is 9.55 Å². The Morgan fingerprint density at radius 3 is 2.00 bits per heavy atom. The Kier molecular flexibility index (Phi) is 8.55. The molecule has 0 amide bonds. The van der Waals surface area contributed by atoms with Gasteiger partial charge in [-0.15, -0.1) is 41.9 Å². The van der Waals surface area contributed by atoms with Crippen molar-refractivity contribution in [2.45, 2.75) is 73.0 Å². The number of pyridine rings is 1. The van der Waals surface area contributed by atoms with E-state index in [1.54, 1.807) is 34.9 Å². The molecule has 0 aliphatic carbocycles. The fourth-order valence-corrected chi connectivity index (χ4v) is 7.81. The van der Waals surface area contributed by atoms with Gasteiger partial charge in [0.25, 0.3) is 0 Å². The zero-order valence-corrected chi connectivity index (χ0v) is 36.5. The Morgan fingerprint density at radius 2 is 1.31 bits per heavy atom. The molecule has 59 heavy (non-hydrogen) atoms. The molecule has 0 fully saturated rings. The zero-order chi connectivity index (χ0) is 45.5. The maximum Gasteiger partial charge on any atom is 0.139 e. The van der Waals surface area contributed by atoms with Gasteiger partial charge >= 0.3 is 0 Å². The van der Waals surface area contributed by atoms with Gasteiger partial charge in [-0.25, -0.2) is 4.98 Å². The van der Waals surface area contributed by atoms with Gasteiger partial charge in [0.2, 0.25) is 0 Å². The first-order valence-electron chi connectivity index (χ1n) is 22.6. The molecule has 9 rings (SSSR count). The number of aromatic nitrogens is 2. The van der Waals surface area contributed by atoms with Crippen LogP contribution in [0.3, 0.4) is 0 Å². The molecule has 1 aliphatic rings. The van der Waals surface area contributed by atoms with E-state index in [9.17, 15) is 0 Å². The Balaban J connectivity index is 0.00000576. The number of rotatable bonds is 6. The van der Waals surface area contributed by atoms with Crippen LogP contribution >= 0.6 is 0 Å². The van der Waals surface area contributed by atoms with Gasteiger partial charge in [0.05, 0.1) is 0 Å². The van der Waals surface area contributed by atoms with Crippen LogP contribution in [-0.2, 0) is 31.9 Å². The van der Waals surface area contributed by atoms with Crippen molar-refractivity contribution < 1.29 is 34.0 Å². The predicted molar refractivity (Wildman–Crippen MR) is 241 cm³/mol. The van der Waals surface area contributed by atoms with Gasteiger partial charge in [0.15, 0.2) is 0 Å². The van der Waals surface area contributed by atoms with Crippen LogP contribution in [0.15, 0.2) is 128 Å². The van der Waals surface area contributed by atoms with Gasteiger partial charge in [0.1, 0.15) is 5.82 Å². The third kappa shape index (κ3) is 7.25. The second kappa shape index (κ2) is 15.2. The van der Waals surface area contributed by atoms with E-state index in [-0.39, 0.29) is 54.4 Å². The number of nitrogens with zero attached hydrogens (tertiary/aromatic N) is 4. The molecule has 0 saturated carbocycles. The molecule has 5 nitrogen and oxygen atoms in total. The molecule has 0 N–H and O–H groups in total. The van der Waals surface area contributed by atoms with Gasteiger partial charge in [-0.2, -0.15) is 12.1 Å². The van der Waals surface area contributed by atoms with Gasteiger partial charge in [-0.05, 0) is 88.1 Å². The average Bonchev–Trinajstić information content (AvgIpc) is 3.79. The summed E-state index contributed by atoms with van der Waals surface area (Å²) in [5.41, 5.74) is 8.86. The first-order chi connectivity index (χ1) is 30.2. The number of anilines is 4. The molecule has 2 aromatic heterocycles. The van der Waals surface area contributed by atoms with Crippen LogP contribution in [0.25, 0.3) is 38.8 Å². The molecule has 0 saturated heterocycles. The second-order valence-corrected chi connectivity index (χ2v) is 17.1. The summed E-state index contributed by atoms with van der Waals surface area (Å²) in [6.45, 7) is 12.3. The standard InChI is InChI=1S/C53H49N4O.Pt/c1-34-23-24-41(30-48(34)56-33-55(46-21-15-16-22-47(46)56)40-28-38(52(4,5)6)27-39(29-40)53(7,8)9)58-42-25-26-44-43-19-13-14-20-45(43)57(49(44)31-42)51-36(3)50(35(2)32-54-51)37-17-11-10-12-18-37;/h10-29,32-33H,1-9H3;/q-3;/i2D3,3D3;. The molecule has 0 unspecified atom stereocenters. The van der Waals surface area contributed by atoms with Crippen LogP contribution in [0.5, 0.6) is 11.5 Å². The summed E-state index contributed by atoms with van der Waals surface area (Å²) in [5.74, 6) is 0.926. The summed E-state index contributed by atoms with van der Waals surface area (Å²) in [6, 6.07) is 46.4. The van der Waals surface area contributed by atoms with E-state index in [2.05, 4.69) is 118 Å². The maximum atomic E-state index is 8.85. The van der Waals surface area contributed by atoms with E-state index in [4.69, 9.17) is 13.0 Å². The molecule has 0 atom stereocenters. The summed E-state index contributed by atoms with van der Waals surface area (Å²) >= 11 is 0. The van der Waals surface area contributed by atoms with Crippen LogP contribution in [0.4, 0.5) is 22.7 Å². The van der Waals surface area contributed by atoms with Gasteiger partial charge in [-0.1, -0.05) is 126 Å². The molecule has 300 valence electrons. The van der Waals surface area contributed by atoms with Crippen molar-refractivity contribution in [3.63, 3.8) is 0 Å². The van der Waals surface area contributed by atoms with Crippen molar-refractivity contribution >= 4 is 44.6 Å². The predicted octanol–water partition coefficient (Wildman–Crippen LogP) is 14.2. The molecular weight excluding hydrogens is 904 g/mol. The first-order valence-corrected chi connectivity index (χ1v) is 19.6. The third-order valence-corrected chi connectivity index (χ3v) is 11.0. The number of benzene rings is 6. The smallest absolute Gasteiger partial charge is 0.139 e. The Labute approximate surface area is 372 Å². The average molecular weight is 959 g/mol. The summed E-state index contributed by atoms with van der Waals surface area (Å²) < 4.78 is 60.1. The van der Waals surface area contributed by atoms with Crippen molar-refractivity contribution in [2.24, 2.45) is 0 Å². The number of ether oxygens (including phenoxy) is 1. The summed E-state index contributed by atoms with van der Waals surface area (Å²) in [5, 5.41) is 1.64. The van der Waals surface area contributed by atoms with Crippen molar-refractivity contribution in [3.05, 3.63) is 174 Å². The summed E-state index contributed by atoms with van der Waals surface area (Å²) in [6.07, 6.45) is 1.28. The topological polar surface area (TPSA) is 33.5 Å². The molecule has 6 aromatic carbocycles. The van der Waals surface area contributed by atoms with Gasteiger partial charge in [-0.3, -0.25) is 0 Å². The van der Waals surface area contributed by atoms with Crippen LogP contribution in [-0.4, -0.2) is 9.55 Å². The maximum absolute atomic E-state index is 8.85. The van der Waals surface area contributed by atoms with E-state index in [0.717, 1.165) is 39.1 Å². The Hall–Kier alpha value is -5.64. The van der Waals surface area contributed by atoms with E-state index in [1.807, 2.05) is 54.6 Å². The largest absolute Gasteiger partial charge is 0.509 e. The van der Waals surface area contributed by atoms with Crippen molar-refractivity contribution in [3.8, 4) is 28.4 Å². The SMILES string of the molecule is [2H]C([2H])([2H])c1cnc(-n2c3[c-]c(Oc4[c-]c(N5[CH-]N(c6cc(C(C)(C)C)cc(C(C)(C)C)c6)c6ccccc65)c(C)cc4)ccc3c3ccccc32)c(C([2H])([2H])[2H])c1-c1ccccc1.[Pt]. The van der Waals surface area contributed by atoms with Crippen LogP contribution < -0.4 is 14.5 Å². The molecule has 3 heterocycles. The normalized spacial score (nSPS) is 14.8. The number of hydrogen-bond acceptors (Lipinski definition) is 4. The summed E-state index contributed by atoms with van der Waals surface area (Å²) in [7, 11) is 0. The Bertz CT molecular complexity index is 3060. The van der Waals surface area contributed by atoms with E-state index in [1.165, 1.54) is 17.3 Å². The van der Waals surface area contributed by atoms with Crippen molar-refractivity contribution in [2.75, 3.05) is 9.80 Å². The molecule has 0 spiro atoms. The molecule has 0 bridgehead atoms.